The van der Waals surface area contributed by atoms with Gasteiger partial charge in [0, 0.05) is 31.2 Å². The summed E-state index contributed by atoms with van der Waals surface area (Å²) >= 11 is 0. The third-order valence-electron chi connectivity index (χ3n) is 6.43. The summed E-state index contributed by atoms with van der Waals surface area (Å²) < 4.78 is 31.8. The number of nitrogens with zero attached hydrogens (tertiary/aromatic N) is 4. The van der Waals surface area contributed by atoms with Gasteiger partial charge in [0.05, 0.1) is 16.8 Å². The first-order valence-corrected chi connectivity index (χ1v) is 12.7. The third kappa shape index (κ3) is 4.86. The number of halogens is 1. The van der Waals surface area contributed by atoms with Crippen LogP contribution in [0, 0.1) is 0 Å². The van der Waals surface area contributed by atoms with Crippen molar-refractivity contribution in [2.75, 3.05) is 13.2 Å². The molecule has 0 aliphatic carbocycles. The van der Waals surface area contributed by atoms with E-state index in [1.54, 1.807) is 35.4 Å². The molecule has 1 fully saturated rings. The number of hydrogen-bond donors (Lipinski definition) is 2. The molecule has 192 valence electrons. The van der Waals surface area contributed by atoms with Gasteiger partial charge in [0.15, 0.2) is 14.6 Å². The second-order valence-corrected chi connectivity index (χ2v) is 10.7. The number of ether oxygens (including phenoxy) is 1. The molecular weight excluding hydrogens is 518 g/mol. The van der Waals surface area contributed by atoms with E-state index in [-0.39, 0.29) is 43.4 Å². The lowest BCUT2D eigenvalue weighted by molar-refractivity contribution is -0.134. The van der Waals surface area contributed by atoms with Crippen molar-refractivity contribution in [1.82, 2.24) is 25.5 Å². The lowest BCUT2D eigenvalue weighted by Gasteiger charge is -2.34. The van der Waals surface area contributed by atoms with Crippen LogP contribution >= 0.6 is 12.4 Å². The number of nitrogens with one attached hydrogen (secondary N) is 1. The summed E-state index contributed by atoms with van der Waals surface area (Å²) in [5.41, 5.74) is 5.79. The largest absolute Gasteiger partial charge is 0.381 e. The molecule has 0 saturated carbocycles. The Bertz CT molecular complexity index is 1470. The molecule has 0 unspecified atom stereocenters. The van der Waals surface area contributed by atoms with Gasteiger partial charge in [-0.1, -0.05) is 29.5 Å². The summed E-state index contributed by atoms with van der Waals surface area (Å²) in [6.07, 6.45) is 5.15. The van der Waals surface area contributed by atoms with Crippen LogP contribution < -0.4 is 5.48 Å². The first-order valence-electron chi connectivity index (χ1n) is 11.3. The SMILES string of the molecule is Cl.O=C(NO)C1(S(=O)(=O)c2ccc(-n3cc(-c4ccc(-c5ccncc5)cc4)nn3)cc2)CCOCC1. The van der Waals surface area contributed by atoms with Crippen LogP contribution in [0.1, 0.15) is 12.8 Å². The lowest BCUT2D eigenvalue weighted by Crippen LogP contribution is -2.54. The Hall–Kier alpha value is -3.64. The number of aromatic nitrogens is 4. The summed E-state index contributed by atoms with van der Waals surface area (Å²) in [5, 5.41) is 17.6. The first kappa shape index (κ1) is 26.4. The highest BCUT2D eigenvalue weighted by Crippen LogP contribution is 2.35. The quantitative estimate of drug-likeness (QED) is 0.280. The summed E-state index contributed by atoms with van der Waals surface area (Å²) in [6, 6.07) is 17.8. The highest BCUT2D eigenvalue weighted by Gasteiger charge is 2.52. The minimum atomic E-state index is -4.10. The van der Waals surface area contributed by atoms with E-state index in [1.165, 1.54) is 17.6 Å². The lowest BCUT2D eigenvalue weighted by atomic mass is 9.98. The van der Waals surface area contributed by atoms with Crippen molar-refractivity contribution in [3.8, 4) is 28.1 Å². The minimum Gasteiger partial charge on any atom is -0.381 e. The average molecular weight is 542 g/mol. The van der Waals surface area contributed by atoms with Gasteiger partial charge in [0.25, 0.3) is 5.91 Å². The molecular formula is C25H24ClN5O5S. The van der Waals surface area contributed by atoms with Crippen molar-refractivity contribution in [2.45, 2.75) is 22.5 Å². The van der Waals surface area contributed by atoms with Crippen LogP contribution in [0.5, 0.6) is 0 Å². The van der Waals surface area contributed by atoms with Crippen molar-refractivity contribution in [1.29, 1.82) is 0 Å². The topological polar surface area (TPSA) is 136 Å². The number of benzene rings is 2. The molecule has 2 N–H and O–H groups in total. The van der Waals surface area contributed by atoms with Gasteiger partial charge in [-0.25, -0.2) is 18.6 Å². The van der Waals surface area contributed by atoms with Gasteiger partial charge in [-0.05, 0) is 60.4 Å². The molecule has 0 spiro atoms. The van der Waals surface area contributed by atoms with Crippen molar-refractivity contribution >= 4 is 28.2 Å². The molecule has 3 heterocycles. The number of pyridine rings is 1. The van der Waals surface area contributed by atoms with Crippen LogP contribution in [0.3, 0.4) is 0 Å². The molecule has 1 amide bonds. The second kappa shape index (κ2) is 10.8. The number of hydrogen-bond acceptors (Lipinski definition) is 8. The van der Waals surface area contributed by atoms with Gasteiger partial charge in [-0.3, -0.25) is 15.0 Å². The van der Waals surface area contributed by atoms with Crippen LogP contribution in [0.25, 0.3) is 28.1 Å². The number of amides is 1. The normalized spacial score (nSPS) is 14.9. The Labute approximate surface area is 219 Å². The van der Waals surface area contributed by atoms with E-state index in [0.717, 1.165) is 16.7 Å². The molecule has 2 aromatic carbocycles. The molecule has 5 rings (SSSR count). The Morgan fingerprint density at radius 3 is 2.14 bits per heavy atom. The number of carbonyl (C=O) groups is 1. The van der Waals surface area contributed by atoms with E-state index in [1.807, 2.05) is 36.4 Å². The molecule has 12 heteroatoms. The summed E-state index contributed by atoms with van der Waals surface area (Å²) in [4.78, 5) is 16.4. The highest BCUT2D eigenvalue weighted by molar-refractivity contribution is 7.93. The van der Waals surface area contributed by atoms with Crippen molar-refractivity contribution < 1.29 is 23.2 Å². The van der Waals surface area contributed by atoms with Crippen LogP contribution in [0.4, 0.5) is 0 Å². The molecule has 1 aliphatic heterocycles. The molecule has 0 radical (unpaired) electrons. The van der Waals surface area contributed by atoms with Crippen LogP contribution in [0.2, 0.25) is 0 Å². The Kier molecular flexibility index (Phi) is 7.69. The predicted molar refractivity (Wildman–Crippen MR) is 137 cm³/mol. The van der Waals surface area contributed by atoms with Gasteiger partial charge < -0.3 is 4.74 Å². The first-order chi connectivity index (χ1) is 17.4. The van der Waals surface area contributed by atoms with Crippen LogP contribution in [-0.2, 0) is 19.4 Å². The third-order valence-corrected chi connectivity index (χ3v) is 8.94. The van der Waals surface area contributed by atoms with Crippen LogP contribution in [0.15, 0.2) is 84.1 Å². The Balaban J connectivity index is 0.00000320. The monoisotopic (exact) mass is 541 g/mol. The van der Waals surface area contributed by atoms with E-state index in [2.05, 4.69) is 15.3 Å². The Morgan fingerprint density at radius 2 is 1.51 bits per heavy atom. The van der Waals surface area contributed by atoms with Crippen molar-refractivity contribution in [3.63, 3.8) is 0 Å². The summed E-state index contributed by atoms with van der Waals surface area (Å²) in [5.74, 6) is -0.953. The van der Waals surface area contributed by atoms with Gasteiger partial charge in [-0.15, -0.1) is 17.5 Å². The fourth-order valence-electron chi connectivity index (χ4n) is 4.32. The number of carbonyl (C=O) groups excluding carboxylic acids is 1. The molecule has 1 aliphatic rings. The van der Waals surface area contributed by atoms with Gasteiger partial charge in [-0.2, -0.15) is 0 Å². The average Bonchev–Trinajstić information content (AvgIpc) is 3.44. The fourth-order valence-corrected chi connectivity index (χ4v) is 6.26. The highest BCUT2D eigenvalue weighted by atomic mass is 35.5. The molecule has 1 saturated heterocycles. The number of sulfone groups is 1. The molecule has 2 aromatic heterocycles. The smallest absolute Gasteiger partial charge is 0.265 e. The van der Waals surface area contributed by atoms with Crippen molar-refractivity contribution in [2.24, 2.45) is 0 Å². The molecule has 0 bridgehead atoms. The number of hydroxylamine groups is 1. The second-order valence-electron chi connectivity index (χ2n) is 8.41. The number of rotatable bonds is 6. The maximum Gasteiger partial charge on any atom is 0.265 e. The van der Waals surface area contributed by atoms with Crippen LogP contribution in [-0.4, -0.2) is 57.5 Å². The van der Waals surface area contributed by atoms with Gasteiger partial charge in [0.1, 0.15) is 5.69 Å². The zero-order valence-corrected chi connectivity index (χ0v) is 21.2. The van der Waals surface area contributed by atoms with E-state index >= 15 is 0 Å². The maximum absolute atomic E-state index is 13.4. The van der Waals surface area contributed by atoms with E-state index in [4.69, 9.17) is 4.74 Å². The van der Waals surface area contributed by atoms with E-state index in [9.17, 15) is 18.4 Å². The molecule has 37 heavy (non-hydrogen) atoms. The molecule has 0 atom stereocenters. The van der Waals surface area contributed by atoms with Gasteiger partial charge in [0.2, 0.25) is 0 Å². The predicted octanol–water partition coefficient (Wildman–Crippen LogP) is 3.25. The minimum absolute atomic E-state index is 0. The summed E-state index contributed by atoms with van der Waals surface area (Å²) in [7, 11) is -4.10. The maximum atomic E-state index is 13.4. The Morgan fingerprint density at radius 1 is 0.919 bits per heavy atom. The molecule has 10 nitrogen and oxygen atoms in total. The van der Waals surface area contributed by atoms with E-state index < -0.39 is 20.5 Å². The van der Waals surface area contributed by atoms with Gasteiger partial charge >= 0.3 is 0 Å². The standard InChI is InChI=1S/C25H23N5O5S.ClH/c31-24(28-32)25(11-15-35-16-12-25)36(33,34)22-7-5-21(6-8-22)30-17-23(27-29-30)20-3-1-18(2-4-20)19-9-13-26-14-10-19;/h1-10,13-14,17,32H,11-12,15-16H2,(H,28,31);1H. The zero-order chi connectivity index (χ0) is 25.2. The summed E-state index contributed by atoms with van der Waals surface area (Å²) in [6.45, 7) is 0.214. The van der Waals surface area contributed by atoms with E-state index in [0.29, 0.717) is 11.4 Å². The zero-order valence-electron chi connectivity index (χ0n) is 19.5. The molecule has 4 aromatic rings. The van der Waals surface area contributed by atoms with Crippen molar-refractivity contribution in [3.05, 3.63) is 79.3 Å². The fraction of sp³-hybridized carbons (Fsp3) is 0.200.